The number of rotatable bonds is 7. The summed E-state index contributed by atoms with van der Waals surface area (Å²) in [5.74, 6) is 0.657. The molecule has 1 aromatic carbocycles. The van der Waals surface area contributed by atoms with Gasteiger partial charge in [-0.1, -0.05) is 35.8 Å². The van der Waals surface area contributed by atoms with E-state index in [1.165, 1.54) is 10.5 Å². The van der Waals surface area contributed by atoms with E-state index in [0.717, 1.165) is 16.9 Å². The minimum atomic E-state index is -0.352. The zero-order chi connectivity index (χ0) is 23.5. The van der Waals surface area contributed by atoms with Crippen LogP contribution in [0, 0.1) is 6.92 Å². The van der Waals surface area contributed by atoms with E-state index in [2.05, 4.69) is 11.9 Å². The van der Waals surface area contributed by atoms with Crippen molar-refractivity contribution < 1.29 is 14.1 Å². The lowest BCUT2D eigenvalue weighted by Gasteiger charge is -2.12. The Labute approximate surface area is 191 Å². The summed E-state index contributed by atoms with van der Waals surface area (Å²) in [5.41, 5.74) is 9.23. The number of nitrogens with zero attached hydrogens (tertiary/aromatic N) is 3. The molecule has 0 fully saturated rings. The molecule has 0 radical (unpaired) electrons. The molecule has 0 unspecified atom stereocenters. The van der Waals surface area contributed by atoms with Gasteiger partial charge in [-0.2, -0.15) is 0 Å². The van der Waals surface area contributed by atoms with Crippen LogP contribution in [-0.4, -0.2) is 28.9 Å². The average molecular weight is 445 g/mol. The number of carbonyl (C=O) groups is 1. The van der Waals surface area contributed by atoms with Gasteiger partial charge in [0.1, 0.15) is 16.7 Å². The second kappa shape index (κ2) is 9.12. The third-order valence-electron chi connectivity index (χ3n) is 5.59. The van der Waals surface area contributed by atoms with Gasteiger partial charge in [0, 0.05) is 18.3 Å². The van der Waals surface area contributed by atoms with E-state index in [1.807, 2.05) is 37.3 Å². The molecule has 4 rings (SSSR count). The van der Waals surface area contributed by atoms with E-state index >= 15 is 0 Å². The van der Waals surface area contributed by atoms with Crippen LogP contribution in [0.3, 0.4) is 0 Å². The van der Waals surface area contributed by atoms with E-state index in [-0.39, 0.29) is 22.8 Å². The van der Waals surface area contributed by atoms with Crippen molar-refractivity contribution in [1.82, 2.24) is 14.7 Å². The molecule has 1 amide bonds. The van der Waals surface area contributed by atoms with Crippen LogP contribution >= 0.6 is 0 Å². The Kier molecular flexibility index (Phi) is 6.08. The molecule has 0 bridgehead atoms. The highest BCUT2D eigenvalue weighted by Crippen LogP contribution is 2.16. The minimum absolute atomic E-state index is 0.227. The van der Waals surface area contributed by atoms with Crippen LogP contribution in [0.2, 0.25) is 0 Å². The molecule has 0 spiro atoms. The second-order valence-electron chi connectivity index (χ2n) is 7.74. The molecule has 4 aromatic rings. The number of ether oxygens (including phenoxy) is 1. The smallest absolute Gasteiger partial charge is 0.278 e. The van der Waals surface area contributed by atoms with E-state index in [0.29, 0.717) is 36.2 Å². The van der Waals surface area contributed by atoms with Crippen LogP contribution in [0.5, 0.6) is 5.75 Å². The van der Waals surface area contributed by atoms with Crippen molar-refractivity contribution in [3.63, 3.8) is 0 Å². The molecule has 3 heterocycles. The number of pyridine rings is 2. The number of amides is 1. The summed E-state index contributed by atoms with van der Waals surface area (Å²) in [6, 6.07) is 12.9. The number of fused-ring (bicyclic) bond motifs is 2. The lowest BCUT2D eigenvalue weighted by Crippen LogP contribution is -2.42. The van der Waals surface area contributed by atoms with Gasteiger partial charge in [0.2, 0.25) is 11.5 Å². The number of hydrogen-bond acceptors (Lipinski definition) is 5. The van der Waals surface area contributed by atoms with Crippen LogP contribution in [0.1, 0.15) is 21.5 Å². The highest BCUT2D eigenvalue weighted by atomic mass is 16.5. The number of aryl methyl sites for hydroxylation is 1. The summed E-state index contributed by atoms with van der Waals surface area (Å²) in [6.07, 6.45) is 3.96. The van der Waals surface area contributed by atoms with Crippen LogP contribution < -0.4 is 25.9 Å². The fourth-order valence-electron chi connectivity index (χ4n) is 3.81. The summed E-state index contributed by atoms with van der Waals surface area (Å²) in [4.78, 5) is 30.9. The van der Waals surface area contributed by atoms with Crippen LogP contribution in [0.4, 0.5) is 5.82 Å². The maximum atomic E-state index is 13.2. The molecular formula is C25H26N5O3+. The molecule has 0 saturated heterocycles. The highest BCUT2D eigenvalue weighted by molar-refractivity contribution is 6.00. The van der Waals surface area contributed by atoms with Gasteiger partial charge < -0.3 is 15.8 Å². The summed E-state index contributed by atoms with van der Waals surface area (Å²) in [7, 11) is 1.62. The molecule has 8 heteroatoms. The van der Waals surface area contributed by atoms with Gasteiger partial charge in [0.15, 0.2) is 0 Å². The van der Waals surface area contributed by atoms with Crippen molar-refractivity contribution in [2.45, 2.75) is 19.9 Å². The lowest BCUT2D eigenvalue weighted by molar-refractivity contribution is -0.648. The Morgan fingerprint density at radius 3 is 2.76 bits per heavy atom. The fourth-order valence-corrected chi connectivity index (χ4v) is 3.81. The summed E-state index contributed by atoms with van der Waals surface area (Å²) in [6.45, 7) is 6.39. The molecule has 3 aromatic heterocycles. The average Bonchev–Trinajstić information content (AvgIpc) is 2.82. The quantitative estimate of drug-likeness (QED) is 0.258. The summed E-state index contributed by atoms with van der Waals surface area (Å²) in [5, 5.41) is 3.21. The van der Waals surface area contributed by atoms with Crippen LogP contribution in [-0.2, 0) is 13.0 Å². The van der Waals surface area contributed by atoms with E-state index < -0.39 is 0 Å². The monoisotopic (exact) mass is 444 g/mol. The van der Waals surface area contributed by atoms with Crippen molar-refractivity contribution in [3.05, 3.63) is 88.4 Å². The second-order valence-corrected chi connectivity index (χ2v) is 7.74. The predicted octanol–water partition coefficient (Wildman–Crippen LogP) is 2.19. The normalized spacial score (nSPS) is 11.0. The maximum absolute atomic E-state index is 13.2. The van der Waals surface area contributed by atoms with Gasteiger partial charge >= 0.3 is 0 Å². The topological polar surface area (TPSA) is 103 Å². The number of benzene rings is 1. The molecule has 0 atom stereocenters. The molecule has 0 aliphatic heterocycles. The minimum Gasteiger partial charge on any atom is -0.497 e. The molecule has 0 aliphatic rings. The first-order chi connectivity index (χ1) is 15.9. The SMILES string of the molecule is C=CC[n+]1c(N)c(C(=O)NCCc2ccc(OC)cc2)cc2c(=O)n3cccc(C)c3nc21. The van der Waals surface area contributed by atoms with Crippen molar-refractivity contribution in [2.75, 3.05) is 19.4 Å². The summed E-state index contributed by atoms with van der Waals surface area (Å²) >= 11 is 0. The third kappa shape index (κ3) is 4.15. The molecule has 3 N–H and O–H groups in total. The number of carbonyl (C=O) groups excluding carboxylic acids is 1. The van der Waals surface area contributed by atoms with E-state index in [1.54, 1.807) is 30.0 Å². The molecule has 168 valence electrons. The van der Waals surface area contributed by atoms with Crippen molar-refractivity contribution in [1.29, 1.82) is 0 Å². The number of nitrogen functional groups attached to an aromatic ring is 1. The van der Waals surface area contributed by atoms with Crippen LogP contribution in [0.25, 0.3) is 16.7 Å². The van der Waals surface area contributed by atoms with E-state index in [9.17, 15) is 9.59 Å². The number of methoxy groups -OCH3 is 1. The van der Waals surface area contributed by atoms with Gasteiger partial charge in [0.05, 0.1) is 13.7 Å². The molecule has 8 nitrogen and oxygen atoms in total. The largest absolute Gasteiger partial charge is 0.497 e. The first-order valence-electron chi connectivity index (χ1n) is 10.6. The van der Waals surface area contributed by atoms with Gasteiger partial charge in [0.25, 0.3) is 17.1 Å². The lowest BCUT2D eigenvalue weighted by atomic mass is 10.1. The molecular weight excluding hydrogens is 418 g/mol. The Bertz CT molecular complexity index is 1420. The molecule has 0 aliphatic carbocycles. The van der Waals surface area contributed by atoms with E-state index in [4.69, 9.17) is 15.5 Å². The van der Waals surface area contributed by atoms with Gasteiger partial charge in [-0.3, -0.25) is 14.0 Å². The number of nitrogens with two attached hydrogens (primary N) is 1. The molecule has 0 saturated carbocycles. The first kappa shape index (κ1) is 22.0. The number of aromatic nitrogens is 3. The van der Waals surface area contributed by atoms with Crippen molar-refractivity contribution >= 4 is 28.4 Å². The van der Waals surface area contributed by atoms with Crippen LogP contribution in [0.15, 0.2) is 66.1 Å². The fraction of sp³-hybridized carbons (Fsp3) is 0.200. The Balaban J connectivity index is 1.70. The van der Waals surface area contributed by atoms with Gasteiger partial charge in [-0.25, -0.2) is 4.57 Å². The van der Waals surface area contributed by atoms with Crippen molar-refractivity contribution in [2.24, 2.45) is 0 Å². The number of anilines is 1. The number of nitrogens with one attached hydrogen (secondary N) is 1. The Morgan fingerprint density at radius 1 is 1.30 bits per heavy atom. The number of hydrogen-bond donors (Lipinski definition) is 2. The highest BCUT2D eigenvalue weighted by Gasteiger charge is 2.24. The van der Waals surface area contributed by atoms with Gasteiger partial charge in [-0.05, 0) is 43.2 Å². The third-order valence-corrected chi connectivity index (χ3v) is 5.59. The first-order valence-corrected chi connectivity index (χ1v) is 10.6. The van der Waals surface area contributed by atoms with Crippen molar-refractivity contribution in [3.8, 4) is 5.75 Å². The maximum Gasteiger partial charge on any atom is 0.278 e. The Hall–Kier alpha value is -4.20. The molecule has 33 heavy (non-hydrogen) atoms. The zero-order valence-corrected chi connectivity index (χ0v) is 18.7. The zero-order valence-electron chi connectivity index (χ0n) is 18.7. The standard InChI is InChI=1S/C25H25N5O3/c1-4-13-29-21(26)19(24(31)27-12-11-17-7-9-18(33-3)10-8-17)15-20-23(29)28-22-16(2)6-5-14-30(22)25(20)32/h4-10,14-15,26H,1,11-13H2,2-3H3,(H,27,31)/p+1. The summed E-state index contributed by atoms with van der Waals surface area (Å²) < 4.78 is 8.30. The number of allylic oxidation sites excluding steroid dienone is 1. The Morgan fingerprint density at radius 2 is 2.06 bits per heavy atom. The predicted molar refractivity (Wildman–Crippen MR) is 128 cm³/mol. The van der Waals surface area contributed by atoms with Gasteiger partial charge in [-0.15, -0.1) is 0 Å².